The Bertz CT molecular complexity index is 1150. The molecule has 6 nitrogen and oxygen atoms in total. The minimum atomic E-state index is -0.988. The van der Waals surface area contributed by atoms with E-state index < -0.39 is 23.7 Å². The molecule has 3 aromatic rings. The van der Waals surface area contributed by atoms with Crippen LogP contribution in [0.4, 0.5) is 0 Å². The molecule has 0 spiro atoms. The quantitative estimate of drug-likeness (QED) is 0.430. The number of benzene rings is 3. The molecule has 2 aliphatic rings. The standard InChI is InChI=1S/C27H25NO5/c1-31-17-33-25-23(29)16-28(24(25)26(30)32-2)27(18-10-4-3-5-11-18)21-14-8-6-12-19(21)20-13-7-9-15-22(20)27/h3-15,24-25H,16-17H2,1-2H3/t24-,25+/m0/s1. The van der Waals surface area contributed by atoms with Gasteiger partial charge in [-0.25, -0.2) is 0 Å². The Morgan fingerprint density at radius 1 is 0.909 bits per heavy atom. The lowest BCUT2D eigenvalue weighted by atomic mass is 9.78. The molecule has 1 fully saturated rings. The zero-order valence-corrected chi connectivity index (χ0v) is 18.6. The van der Waals surface area contributed by atoms with Gasteiger partial charge in [-0.15, -0.1) is 0 Å². The van der Waals surface area contributed by atoms with Gasteiger partial charge in [0.25, 0.3) is 0 Å². The van der Waals surface area contributed by atoms with Crippen LogP contribution in [0.25, 0.3) is 11.1 Å². The number of rotatable bonds is 6. The van der Waals surface area contributed by atoms with E-state index in [4.69, 9.17) is 14.2 Å². The number of carbonyl (C=O) groups excluding carboxylic acids is 2. The van der Waals surface area contributed by atoms with Crippen LogP contribution in [0.1, 0.15) is 16.7 Å². The van der Waals surface area contributed by atoms with Gasteiger partial charge in [0.15, 0.2) is 5.78 Å². The van der Waals surface area contributed by atoms with Crippen LogP contribution in [0, 0.1) is 0 Å². The molecule has 3 aromatic carbocycles. The van der Waals surface area contributed by atoms with E-state index in [1.54, 1.807) is 0 Å². The molecular weight excluding hydrogens is 418 g/mol. The fourth-order valence-electron chi connectivity index (χ4n) is 5.40. The summed E-state index contributed by atoms with van der Waals surface area (Å²) >= 11 is 0. The molecule has 6 heteroatoms. The zero-order valence-electron chi connectivity index (χ0n) is 18.6. The number of hydrogen-bond acceptors (Lipinski definition) is 6. The Morgan fingerprint density at radius 2 is 1.48 bits per heavy atom. The van der Waals surface area contributed by atoms with Gasteiger partial charge in [0, 0.05) is 7.11 Å². The summed E-state index contributed by atoms with van der Waals surface area (Å²) in [7, 11) is 2.82. The van der Waals surface area contributed by atoms with Gasteiger partial charge in [0.2, 0.25) is 0 Å². The third kappa shape index (κ3) is 3.14. The summed E-state index contributed by atoms with van der Waals surface area (Å²) in [4.78, 5) is 28.4. The van der Waals surface area contributed by atoms with Gasteiger partial charge >= 0.3 is 5.97 Å². The lowest BCUT2D eigenvalue weighted by molar-refractivity contribution is -0.158. The van der Waals surface area contributed by atoms with Gasteiger partial charge < -0.3 is 14.2 Å². The third-order valence-electron chi connectivity index (χ3n) is 6.62. The van der Waals surface area contributed by atoms with Crippen molar-refractivity contribution in [1.82, 2.24) is 4.90 Å². The smallest absolute Gasteiger partial charge is 0.326 e. The lowest BCUT2D eigenvalue weighted by Gasteiger charge is -2.43. The number of Topliss-reactive ketones (excluding diaryl/α,β-unsaturated/α-hetero) is 1. The largest absolute Gasteiger partial charge is 0.468 e. The maximum absolute atomic E-state index is 13.2. The van der Waals surface area contributed by atoms with E-state index >= 15 is 0 Å². The minimum absolute atomic E-state index is 0.0334. The Kier molecular flexibility index (Phi) is 5.58. The monoisotopic (exact) mass is 443 g/mol. The van der Waals surface area contributed by atoms with Gasteiger partial charge in [0.05, 0.1) is 19.2 Å². The summed E-state index contributed by atoms with van der Waals surface area (Å²) in [5.74, 6) is -0.696. The Hall–Kier alpha value is -3.32. The first-order valence-corrected chi connectivity index (χ1v) is 10.9. The summed E-state index contributed by atoms with van der Waals surface area (Å²) in [6, 6.07) is 25.4. The number of carbonyl (C=O) groups is 2. The predicted molar refractivity (Wildman–Crippen MR) is 122 cm³/mol. The highest BCUT2D eigenvalue weighted by molar-refractivity contribution is 5.97. The van der Waals surface area contributed by atoms with E-state index in [0.717, 1.165) is 27.8 Å². The molecular formula is C27H25NO5. The first kappa shape index (κ1) is 21.5. The molecule has 1 heterocycles. The molecule has 2 atom stereocenters. The lowest BCUT2D eigenvalue weighted by Crippen LogP contribution is -2.54. The van der Waals surface area contributed by atoms with Crippen molar-refractivity contribution < 1.29 is 23.8 Å². The normalized spacial score (nSPS) is 21.0. The van der Waals surface area contributed by atoms with E-state index in [2.05, 4.69) is 24.3 Å². The topological polar surface area (TPSA) is 65.1 Å². The SMILES string of the molecule is COCO[C@@H]1C(=O)CN(C2(c3ccccc3)c3ccccc3-c3ccccc32)[C@@H]1C(=O)OC. The van der Waals surface area contributed by atoms with Crippen LogP contribution >= 0.6 is 0 Å². The third-order valence-corrected chi connectivity index (χ3v) is 6.62. The Labute approximate surface area is 192 Å². The number of hydrogen-bond donors (Lipinski definition) is 0. The molecule has 33 heavy (non-hydrogen) atoms. The molecule has 0 saturated carbocycles. The Balaban J connectivity index is 1.81. The van der Waals surface area contributed by atoms with Crippen LogP contribution in [-0.2, 0) is 29.3 Å². The number of esters is 1. The second-order valence-electron chi connectivity index (χ2n) is 8.22. The van der Waals surface area contributed by atoms with Crippen molar-refractivity contribution in [2.75, 3.05) is 27.6 Å². The van der Waals surface area contributed by atoms with Crippen LogP contribution < -0.4 is 0 Å². The maximum atomic E-state index is 13.2. The number of methoxy groups -OCH3 is 2. The fraction of sp³-hybridized carbons (Fsp3) is 0.259. The van der Waals surface area contributed by atoms with E-state index in [1.807, 2.05) is 59.5 Å². The molecule has 0 aromatic heterocycles. The molecule has 5 rings (SSSR count). The van der Waals surface area contributed by atoms with Gasteiger partial charge in [-0.2, -0.15) is 0 Å². The summed E-state index contributed by atoms with van der Waals surface area (Å²) in [5.41, 5.74) is 4.30. The average molecular weight is 443 g/mol. The second kappa shape index (κ2) is 8.56. The number of fused-ring (bicyclic) bond motifs is 3. The summed E-state index contributed by atoms with van der Waals surface area (Å²) in [6.07, 6.45) is -0.988. The van der Waals surface area contributed by atoms with E-state index in [9.17, 15) is 9.59 Å². The summed E-state index contributed by atoms with van der Waals surface area (Å²) < 4.78 is 16.0. The van der Waals surface area contributed by atoms with Gasteiger partial charge in [-0.1, -0.05) is 78.9 Å². The van der Waals surface area contributed by atoms with Gasteiger partial charge in [-0.05, 0) is 27.8 Å². The minimum Gasteiger partial charge on any atom is -0.468 e. The molecule has 1 saturated heterocycles. The van der Waals surface area contributed by atoms with Crippen LogP contribution in [0.3, 0.4) is 0 Å². The van der Waals surface area contributed by atoms with Crippen LogP contribution in [0.15, 0.2) is 78.9 Å². The van der Waals surface area contributed by atoms with Crippen LogP contribution in [-0.4, -0.2) is 56.4 Å². The molecule has 0 N–H and O–H groups in total. The Morgan fingerprint density at radius 3 is 2.06 bits per heavy atom. The van der Waals surface area contributed by atoms with Crippen molar-refractivity contribution in [2.24, 2.45) is 0 Å². The second-order valence-corrected chi connectivity index (χ2v) is 8.22. The number of nitrogens with zero attached hydrogens (tertiary/aromatic N) is 1. The number of ketones is 1. The number of likely N-dealkylation sites (tertiary alicyclic amines) is 1. The first-order valence-electron chi connectivity index (χ1n) is 10.9. The fourth-order valence-corrected chi connectivity index (χ4v) is 5.40. The molecule has 0 amide bonds. The highest BCUT2D eigenvalue weighted by Crippen LogP contribution is 2.55. The number of ether oxygens (including phenoxy) is 3. The molecule has 0 bridgehead atoms. The van der Waals surface area contributed by atoms with E-state index in [1.165, 1.54) is 14.2 Å². The molecule has 0 unspecified atom stereocenters. The van der Waals surface area contributed by atoms with Gasteiger partial charge in [0.1, 0.15) is 18.9 Å². The average Bonchev–Trinajstić information content (AvgIpc) is 3.35. The summed E-state index contributed by atoms with van der Waals surface area (Å²) in [5, 5.41) is 0. The van der Waals surface area contributed by atoms with Crippen molar-refractivity contribution in [3.63, 3.8) is 0 Å². The molecule has 1 aliphatic heterocycles. The van der Waals surface area contributed by atoms with Crippen LogP contribution in [0.2, 0.25) is 0 Å². The summed E-state index contributed by atoms with van der Waals surface area (Å²) in [6.45, 7) is -0.0606. The first-order chi connectivity index (χ1) is 16.1. The molecule has 168 valence electrons. The molecule has 1 aliphatic carbocycles. The van der Waals surface area contributed by atoms with Gasteiger partial charge in [-0.3, -0.25) is 14.5 Å². The van der Waals surface area contributed by atoms with E-state index in [-0.39, 0.29) is 19.1 Å². The van der Waals surface area contributed by atoms with E-state index in [0.29, 0.717) is 0 Å². The van der Waals surface area contributed by atoms with Crippen molar-refractivity contribution in [1.29, 1.82) is 0 Å². The maximum Gasteiger partial charge on any atom is 0.326 e. The van der Waals surface area contributed by atoms with Crippen molar-refractivity contribution in [2.45, 2.75) is 17.7 Å². The highest BCUT2D eigenvalue weighted by Gasteiger charge is 2.59. The van der Waals surface area contributed by atoms with Crippen LogP contribution in [0.5, 0.6) is 0 Å². The van der Waals surface area contributed by atoms with Crippen molar-refractivity contribution in [3.8, 4) is 11.1 Å². The molecule has 0 radical (unpaired) electrons. The van der Waals surface area contributed by atoms with Crippen molar-refractivity contribution in [3.05, 3.63) is 95.6 Å². The highest BCUT2D eigenvalue weighted by atomic mass is 16.7. The zero-order chi connectivity index (χ0) is 23.0. The predicted octanol–water partition coefficient (Wildman–Crippen LogP) is 3.37. The van der Waals surface area contributed by atoms with Crippen molar-refractivity contribution >= 4 is 11.8 Å².